The molecule has 0 aromatic carbocycles. The van der Waals surface area contributed by atoms with Crippen LogP contribution in [-0.4, -0.2) is 28.9 Å². The molecule has 0 aromatic rings. The van der Waals surface area contributed by atoms with Crippen LogP contribution >= 0.6 is 12.2 Å². The second kappa shape index (κ2) is 4.56. The van der Waals surface area contributed by atoms with E-state index >= 15 is 0 Å². The van der Waals surface area contributed by atoms with Crippen molar-refractivity contribution in [3.63, 3.8) is 0 Å². The van der Waals surface area contributed by atoms with Gasteiger partial charge in [0.2, 0.25) is 5.91 Å². The Hall–Kier alpha value is -0.640. The first-order chi connectivity index (χ1) is 6.09. The van der Waals surface area contributed by atoms with Crippen LogP contribution in [0.1, 0.15) is 26.2 Å². The summed E-state index contributed by atoms with van der Waals surface area (Å²) in [4.78, 5) is 13.7. The Balaban J connectivity index is 2.41. The Bertz CT molecular complexity index is 218. The molecule has 3 nitrogen and oxygen atoms in total. The molecule has 1 unspecified atom stereocenters. The van der Waals surface area contributed by atoms with Crippen molar-refractivity contribution in [3.05, 3.63) is 0 Å². The van der Waals surface area contributed by atoms with Crippen molar-refractivity contribution in [3.8, 4) is 0 Å². The summed E-state index contributed by atoms with van der Waals surface area (Å²) in [6.07, 6.45) is 2.54. The molecule has 2 N–H and O–H groups in total. The second-order valence-electron chi connectivity index (χ2n) is 3.73. The van der Waals surface area contributed by atoms with Crippen molar-refractivity contribution in [2.45, 2.75) is 26.2 Å². The van der Waals surface area contributed by atoms with Gasteiger partial charge in [0, 0.05) is 13.1 Å². The summed E-state index contributed by atoms with van der Waals surface area (Å²) in [5, 5.41) is 0. The van der Waals surface area contributed by atoms with Gasteiger partial charge in [0.1, 0.15) is 0 Å². The number of carbonyl (C=O) groups excluding carboxylic acids is 1. The van der Waals surface area contributed by atoms with Crippen LogP contribution in [0.3, 0.4) is 0 Å². The maximum atomic E-state index is 11.5. The Morgan fingerprint density at radius 2 is 2.38 bits per heavy atom. The average molecular weight is 200 g/mol. The maximum absolute atomic E-state index is 11.5. The number of hydrogen-bond acceptors (Lipinski definition) is 2. The highest BCUT2D eigenvalue weighted by Gasteiger charge is 2.20. The monoisotopic (exact) mass is 200 g/mol. The van der Waals surface area contributed by atoms with Crippen LogP contribution in [0.2, 0.25) is 0 Å². The van der Waals surface area contributed by atoms with E-state index in [1.807, 2.05) is 4.90 Å². The first-order valence-electron chi connectivity index (χ1n) is 4.65. The lowest BCUT2D eigenvalue weighted by atomic mass is 10.00. The molecule has 0 aliphatic carbocycles. The molecule has 1 saturated heterocycles. The second-order valence-corrected chi connectivity index (χ2v) is 4.25. The quantitative estimate of drug-likeness (QED) is 0.674. The predicted molar refractivity (Wildman–Crippen MR) is 56.4 cm³/mol. The van der Waals surface area contributed by atoms with Crippen molar-refractivity contribution in [2.24, 2.45) is 11.7 Å². The molecule has 4 heteroatoms. The van der Waals surface area contributed by atoms with Gasteiger partial charge in [0.05, 0.1) is 11.4 Å². The molecule has 1 aliphatic rings. The van der Waals surface area contributed by atoms with Crippen LogP contribution in [0.25, 0.3) is 0 Å². The molecule has 74 valence electrons. The summed E-state index contributed by atoms with van der Waals surface area (Å²) in [5.41, 5.74) is 5.32. The van der Waals surface area contributed by atoms with Gasteiger partial charge in [-0.3, -0.25) is 4.79 Å². The first kappa shape index (κ1) is 10.4. The minimum absolute atomic E-state index is 0.0825. The molecule has 0 radical (unpaired) electrons. The molecular weight excluding hydrogens is 184 g/mol. The molecule has 1 heterocycles. The first-order valence-corrected chi connectivity index (χ1v) is 5.06. The van der Waals surface area contributed by atoms with Crippen LogP contribution in [-0.2, 0) is 4.79 Å². The summed E-state index contributed by atoms with van der Waals surface area (Å²) in [6.45, 7) is 3.90. The van der Waals surface area contributed by atoms with E-state index in [1.165, 1.54) is 6.42 Å². The Morgan fingerprint density at radius 3 is 2.92 bits per heavy atom. The van der Waals surface area contributed by atoms with Crippen LogP contribution < -0.4 is 5.73 Å². The predicted octanol–water partition coefficient (Wildman–Crippen LogP) is 0.921. The van der Waals surface area contributed by atoms with Gasteiger partial charge in [0.25, 0.3) is 0 Å². The molecule has 1 amide bonds. The fraction of sp³-hybridized carbons (Fsp3) is 0.778. The number of likely N-dealkylation sites (tertiary alicyclic amines) is 1. The topological polar surface area (TPSA) is 46.3 Å². The van der Waals surface area contributed by atoms with E-state index < -0.39 is 0 Å². The summed E-state index contributed by atoms with van der Waals surface area (Å²) >= 11 is 4.70. The summed E-state index contributed by atoms with van der Waals surface area (Å²) in [7, 11) is 0. The van der Waals surface area contributed by atoms with Crippen molar-refractivity contribution < 1.29 is 4.79 Å². The van der Waals surface area contributed by atoms with Gasteiger partial charge >= 0.3 is 0 Å². The van der Waals surface area contributed by atoms with E-state index in [0.29, 0.717) is 10.9 Å². The fourth-order valence-electron chi connectivity index (χ4n) is 1.68. The minimum atomic E-state index is 0.0825. The average Bonchev–Trinajstić information content (AvgIpc) is 2.03. The largest absolute Gasteiger partial charge is 0.393 e. The molecule has 0 saturated carbocycles. The smallest absolute Gasteiger partial charge is 0.229 e. The SMILES string of the molecule is CC1CCCN(C(=O)CC(N)=S)C1. The highest BCUT2D eigenvalue weighted by Crippen LogP contribution is 2.15. The number of amides is 1. The van der Waals surface area contributed by atoms with E-state index in [-0.39, 0.29) is 12.3 Å². The Morgan fingerprint density at radius 1 is 1.69 bits per heavy atom. The van der Waals surface area contributed by atoms with Gasteiger partial charge in [-0.15, -0.1) is 0 Å². The highest BCUT2D eigenvalue weighted by molar-refractivity contribution is 7.80. The number of thiocarbonyl (C=S) groups is 1. The van der Waals surface area contributed by atoms with Crippen LogP contribution in [0.15, 0.2) is 0 Å². The Kier molecular flexibility index (Phi) is 3.66. The van der Waals surface area contributed by atoms with Gasteiger partial charge < -0.3 is 10.6 Å². The third-order valence-corrected chi connectivity index (χ3v) is 2.48. The molecule has 1 rings (SSSR count). The van der Waals surface area contributed by atoms with Gasteiger partial charge in [-0.2, -0.15) is 0 Å². The van der Waals surface area contributed by atoms with Crippen molar-refractivity contribution >= 4 is 23.1 Å². The fourth-order valence-corrected chi connectivity index (χ4v) is 1.80. The lowest BCUT2D eigenvalue weighted by Gasteiger charge is -2.30. The molecule has 1 aliphatic heterocycles. The van der Waals surface area contributed by atoms with Crippen molar-refractivity contribution in [1.29, 1.82) is 0 Å². The van der Waals surface area contributed by atoms with Gasteiger partial charge in [-0.05, 0) is 18.8 Å². The zero-order valence-corrected chi connectivity index (χ0v) is 8.77. The number of nitrogens with two attached hydrogens (primary N) is 1. The highest BCUT2D eigenvalue weighted by atomic mass is 32.1. The van der Waals surface area contributed by atoms with Gasteiger partial charge in [-0.1, -0.05) is 19.1 Å². The number of rotatable bonds is 2. The van der Waals surface area contributed by atoms with E-state index in [9.17, 15) is 4.79 Å². The minimum Gasteiger partial charge on any atom is -0.393 e. The zero-order valence-electron chi connectivity index (χ0n) is 7.95. The standard InChI is InChI=1S/C9H16N2OS/c1-7-3-2-4-11(6-7)9(12)5-8(10)13/h7H,2-6H2,1H3,(H2,10,13). The molecule has 0 bridgehead atoms. The number of carbonyl (C=O) groups is 1. The van der Waals surface area contributed by atoms with E-state index in [2.05, 4.69) is 6.92 Å². The molecule has 0 aromatic heterocycles. The van der Waals surface area contributed by atoms with Crippen LogP contribution in [0.4, 0.5) is 0 Å². The number of hydrogen-bond donors (Lipinski definition) is 1. The van der Waals surface area contributed by atoms with E-state index in [0.717, 1.165) is 19.5 Å². The lowest BCUT2D eigenvalue weighted by molar-refractivity contribution is -0.131. The summed E-state index contributed by atoms with van der Waals surface area (Å²) in [6, 6.07) is 0. The maximum Gasteiger partial charge on any atom is 0.229 e. The molecule has 1 fully saturated rings. The van der Waals surface area contributed by atoms with E-state index in [1.54, 1.807) is 0 Å². The Labute approximate surface area is 84.3 Å². The van der Waals surface area contributed by atoms with Crippen LogP contribution in [0, 0.1) is 5.92 Å². The van der Waals surface area contributed by atoms with E-state index in [4.69, 9.17) is 18.0 Å². The zero-order chi connectivity index (χ0) is 9.84. The lowest BCUT2D eigenvalue weighted by Crippen LogP contribution is -2.40. The van der Waals surface area contributed by atoms with Crippen LogP contribution in [0.5, 0.6) is 0 Å². The third-order valence-electron chi connectivity index (χ3n) is 2.34. The van der Waals surface area contributed by atoms with Crippen molar-refractivity contribution in [1.82, 2.24) is 4.90 Å². The number of nitrogens with zero attached hydrogens (tertiary/aromatic N) is 1. The molecular formula is C9H16N2OS. The number of piperidine rings is 1. The van der Waals surface area contributed by atoms with Crippen molar-refractivity contribution in [2.75, 3.05) is 13.1 Å². The molecule has 13 heavy (non-hydrogen) atoms. The van der Waals surface area contributed by atoms with Gasteiger partial charge in [0.15, 0.2) is 0 Å². The normalized spacial score (nSPS) is 22.8. The summed E-state index contributed by atoms with van der Waals surface area (Å²) in [5.74, 6) is 0.697. The third kappa shape index (κ3) is 3.30. The molecule has 1 atom stereocenters. The molecule has 0 spiro atoms. The summed E-state index contributed by atoms with van der Waals surface area (Å²) < 4.78 is 0. The van der Waals surface area contributed by atoms with Gasteiger partial charge in [-0.25, -0.2) is 0 Å².